The van der Waals surface area contributed by atoms with Crippen molar-refractivity contribution in [2.45, 2.75) is 39.3 Å². The quantitative estimate of drug-likeness (QED) is 0.537. The molecule has 0 aliphatic carbocycles. The van der Waals surface area contributed by atoms with Gasteiger partial charge >= 0.3 is 11.9 Å². The van der Waals surface area contributed by atoms with Crippen molar-refractivity contribution in [1.82, 2.24) is 0 Å². The van der Waals surface area contributed by atoms with Gasteiger partial charge in [-0.1, -0.05) is 26.4 Å². The van der Waals surface area contributed by atoms with Gasteiger partial charge in [-0.15, -0.1) is 0 Å². The zero-order valence-electron chi connectivity index (χ0n) is 9.41. The van der Waals surface area contributed by atoms with Gasteiger partial charge in [-0.3, -0.25) is 0 Å². The number of unbranched alkanes of at least 4 members (excludes halogenated alkanes) is 1. The van der Waals surface area contributed by atoms with Crippen molar-refractivity contribution in [2.75, 3.05) is 0 Å². The van der Waals surface area contributed by atoms with Gasteiger partial charge in [0.25, 0.3) is 0 Å². The van der Waals surface area contributed by atoms with E-state index in [1.54, 1.807) is 0 Å². The molecule has 0 fully saturated rings. The van der Waals surface area contributed by atoms with Crippen molar-refractivity contribution < 1.29 is 19.8 Å². The van der Waals surface area contributed by atoms with Crippen LogP contribution in [0.4, 0.5) is 0 Å². The maximum Gasteiger partial charge on any atom is 0.331 e. The molecule has 0 spiro atoms. The fraction of sp³-hybridized carbons (Fsp3) is 0.600. The minimum absolute atomic E-state index is 0.103. The number of hydrogen-bond acceptors (Lipinski definition) is 2. The summed E-state index contributed by atoms with van der Waals surface area (Å²) < 4.78 is 0. The molecule has 0 aliphatic rings. The van der Waals surface area contributed by atoms with Crippen LogP contribution in [0, 0.1) is 0 Å². The van der Waals surface area contributed by atoms with Crippen LogP contribution in [0.5, 0.6) is 0 Å². The number of hydrogen-bond donors (Lipinski definition) is 2. The highest BCUT2D eigenvalue weighted by atomic mass is 28.3. The van der Waals surface area contributed by atoms with E-state index in [0.29, 0.717) is 6.42 Å². The van der Waals surface area contributed by atoms with Crippen LogP contribution in [-0.4, -0.2) is 30.9 Å². The second-order valence-electron chi connectivity index (χ2n) is 3.76. The molecule has 0 saturated heterocycles. The van der Waals surface area contributed by atoms with E-state index < -0.39 is 20.7 Å². The van der Waals surface area contributed by atoms with Gasteiger partial charge in [0.05, 0.1) is 8.80 Å². The molecule has 15 heavy (non-hydrogen) atoms. The second-order valence-corrected chi connectivity index (χ2v) is 6.65. The summed E-state index contributed by atoms with van der Waals surface area (Å²) in [4.78, 5) is 21.9. The summed E-state index contributed by atoms with van der Waals surface area (Å²) in [5.74, 6) is -2.15. The molecule has 0 saturated carbocycles. The average Bonchev–Trinajstić information content (AvgIpc) is 2.09. The van der Waals surface area contributed by atoms with Crippen LogP contribution in [0.2, 0.25) is 13.1 Å². The molecule has 0 atom stereocenters. The molecule has 0 bridgehead atoms. The summed E-state index contributed by atoms with van der Waals surface area (Å²) in [6, 6.07) is 0. The molecular formula is C10H18O4Si. The van der Waals surface area contributed by atoms with Crippen LogP contribution in [0.3, 0.4) is 0 Å². The van der Waals surface area contributed by atoms with E-state index in [0.717, 1.165) is 12.8 Å². The number of rotatable bonds is 6. The first-order valence-corrected chi connectivity index (χ1v) is 8.00. The smallest absolute Gasteiger partial charge is 0.331 e. The molecule has 0 aliphatic heterocycles. The molecule has 86 valence electrons. The van der Waals surface area contributed by atoms with E-state index in [2.05, 4.69) is 0 Å². The van der Waals surface area contributed by atoms with Crippen molar-refractivity contribution >= 4 is 20.7 Å². The van der Waals surface area contributed by atoms with E-state index in [-0.39, 0.29) is 10.8 Å². The van der Waals surface area contributed by atoms with Gasteiger partial charge in [-0.2, -0.15) is 0 Å². The Labute approximate surface area is 91.2 Å². The van der Waals surface area contributed by atoms with Crippen molar-refractivity contribution in [3.63, 3.8) is 0 Å². The maximum absolute atomic E-state index is 11.0. The predicted octanol–water partition coefficient (Wildman–Crippen LogP) is 1.67. The van der Waals surface area contributed by atoms with Crippen LogP contribution in [0.1, 0.15) is 26.2 Å². The normalized spacial score (nSPS) is 12.5. The summed E-state index contributed by atoms with van der Waals surface area (Å²) >= 11 is 0. The highest BCUT2D eigenvalue weighted by Gasteiger charge is 2.22. The lowest BCUT2D eigenvalue weighted by atomic mass is 10.1. The number of carbonyl (C=O) groups is 2. The lowest BCUT2D eigenvalue weighted by molar-refractivity contribution is -0.135. The zero-order chi connectivity index (χ0) is 12.0. The van der Waals surface area contributed by atoms with E-state index in [1.165, 1.54) is 0 Å². The minimum atomic E-state index is -1.60. The van der Waals surface area contributed by atoms with E-state index in [1.807, 2.05) is 20.0 Å². The Kier molecular flexibility index (Phi) is 5.92. The molecule has 0 radical (unpaired) electrons. The SMILES string of the molecule is CCCC/C(C(=O)O)=C(\C(=O)O)[SiH](C)C. The Morgan fingerprint density at radius 1 is 1.13 bits per heavy atom. The largest absolute Gasteiger partial charge is 0.478 e. The Morgan fingerprint density at radius 3 is 1.93 bits per heavy atom. The van der Waals surface area contributed by atoms with Crippen molar-refractivity contribution in [3.8, 4) is 0 Å². The summed E-state index contributed by atoms with van der Waals surface area (Å²) in [5.41, 5.74) is 0.103. The molecule has 0 unspecified atom stereocenters. The van der Waals surface area contributed by atoms with Crippen LogP contribution in [0.25, 0.3) is 0 Å². The van der Waals surface area contributed by atoms with Crippen molar-refractivity contribution in [2.24, 2.45) is 0 Å². The van der Waals surface area contributed by atoms with E-state index in [4.69, 9.17) is 10.2 Å². The molecule has 2 N–H and O–H groups in total. The topological polar surface area (TPSA) is 74.6 Å². The van der Waals surface area contributed by atoms with Gasteiger partial charge in [-0.25, -0.2) is 9.59 Å². The van der Waals surface area contributed by atoms with Crippen LogP contribution < -0.4 is 0 Å². The van der Waals surface area contributed by atoms with Crippen molar-refractivity contribution in [3.05, 3.63) is 10.8 Å². The van der Waals surface area contributed by atoms with E-state index in [9.17, 15) is 9.59 Å². The third-order valence-corrected chi connectivity index (χ3v) is 3.92. The first-order chi connectivity index (χ1) is 6.91. The van der Waals surface area contributed by atoms with E-state index >= 15 is 0 Å². The lowest BCUT2D eigenvalue weighted by Gasteiger charge is -2.10. The molecule has 0 amide bonds. The Bertz CT molecular complexity index is 281. The second kappa shape index (κ2) is 6.39. The monoisotopic (exact) mass is 230 g/mol. The van der Waals surface area contributed by atoms with Gasteiger partial charge in [0.15, 0.2) is 0 Å². The molecule has 0 rings (SSSR count). The predicted molar refractivity (Wildman–Crippen MR) is 60.7 cm³/mol. The van der Waals surface area contributed by atoms with Gasteiger partial charge in [-0.05, 0) is 12.8 Å². The van der Waals surface area contributed by atoms with Gasteiger partial charge in [0.1, 0.15) is 0 Å². The Balaban J connectivity index is 5.16. The van der Waals surface area contributed by atoms with Crippen LogP contribution in [-0.2, 0) is 9.59 Å². The molecule has 5 heteroatoms. The third-order valence-electron chi connectivity index (χ3n) is 2.17. The highest BCUT2D eigenvalue weighted by molar-refractivity contribution is 6.70. The summed E-state index contributed by atoms with van der Waals surface area (Å²) in [5, 5.41) is 18.1. The lowest BCUT2D eigenvalue weighted by Crippen LogP contribution is -2.21. The first kappa shape index (κ1) is 13.9. The molecule has 0 aromatic carbocycles. The summed E-state index contributed by atoms with van der Waals surface area (Å²) in [6.07, 6.45) is 1.95. The highest BCUT2D eigenvalue weighted by Crippen LogP contribution is 2.16. The standard InChI is InChI=1S/C10H18O4Si/c1-4-5-6-7(9(11)12)8(10(13)14)15(2)3/h15H,4-6H2,1-3H3,(H,11,12)(H,13,14)/b8-7-. The molecule has 0 aromatic rings. The Hall–Kier alpha value is -1.10. The Morgan fingerprint density at radius 2 is 1.67 bits per heavy atom. The first-order valence-electron chi connectivity index (χ1n) is 5.11. The van der Waals surface area contributed by atoms with Gasteiger partial charge in [0, 0.05) is 10.8 Å². The summed E-state index contributed by atoms with van der Waals surface area (Å²) in [6.45, 7) is 5.61. The number of carboxylic acid groups (broad SMARTS) is 2. The summed E-state index contributed by atoms with van der Waals surface area (Å²) in [7, 11) is -1.60. The molecular weight excluding hydrogens is 212 g/mol. The van der Waals surface area contributed by atoms with Gasteiger partial charge < -0.3 is 10.2 Å². The minimum Gasteiger partial charge on any atom is -0.478 e. The molecule has 0 aromatic heterocycles. The molecule has 4 nitrogen and oxygen atoms in total. The fourth-order valence-electron chi connectivity index (χ4n) is 1.43. The average molecular weight is 230 g/mol. The zero-order valence-corrected chi connectivity index (χ0v) is 10.6. The number of carboxylic acids is 2. The maximum atomic E-state index is 11.0. The third kappa shape index (κ3) is 4.29. The molecule has 0 heterocycles. The van der Waals surface area contributed by atoms with Gasteiger partial charge in [0.2, 0.25) is 0 Å². The van der Waals surface area contributed by atoms with Crippen LogP contribution in [0.15, 0.2) is 10.8 Å². The van der Waals surface area contributed by atoms with Crippen molar-refractivity contribution in [1.29, 1.82) is 0 Å². The number of aliphatic carboxylic acids is 2. The fourth-order valence-corrected chi connectivity index (χ4v) is 2.89. The van der Waals surface area contributed by atoms with Crippen LogP contribution >= 0.6 is 0 Å².